The van der Waals surface area contributed by atoms with Crippen molar-refractivity contribution in [3.63, 3.8) is 0 Å². The first-order chi connectivity index (χ1) is 12.6. The summed E-state index contributed by atoms with van der Waals surface area (Å²) in [6.45, 7) is 7.14. The van der Waals surface area contributed by atoms with Crippen LogP contribution in [0.2, 0.25) is 0 Å². The number of nitrogens with one attached hydrogen (secondary N) is 1. The zero-order valence-corrected chi connectivity index (χ0v) is 15.8. The monoisotopic (exact) mass is 373 g/mol. The molecule has 0 aliphatic carbocycles. The van der Waals surface area contributed by atoms with Gasteiger partial charge in [0, 0.05) is 25.4 Å². The summed E-state index contributed by atoms with van der Waals surface area (Å²) in [5.41, 5.74) is 1.12. The van der Waals surface area contributed by atoms with E-state index in [9.17, 15) is 4.79 Å². The summed E-state index contributed by atoms with van der Waals surface area (Å²) in [6.07, 6.45) is 0.591. The van der Waals surface area contributed by atoms with Crippen molar-refractivity contribution in [3.05, 3.63) is 34.7 Å². The number of benzene rings is 1. The number of carbonyl (C=O) groups is 1. The summed E-state index contributed by atoms with van der Waals surface area (Å²) >= 11 is 1.67. The molecule has 1 saturated heterocycles. The molecular weight excluding hydrogens is 350 g/mol. The average Bonchev–Trinajstić information content (AvgIpc) is 3.06. The van der Waals surface area contributed by atoms with Crippen molar-refractivity contribution in [2.45, 2.75) is 32.3 Å². The summed E-state index contributed by atoms with van der Waals surface area (Å²) in [7, 11) is 0. The van der Waals surface area contributed by atoms with Gasteiger partial charge in [-0.15, -0.1) is 0 Å². The van der Waals surface area contributed by atoms with E-state index in [1.54, 1.807) is 11.3 Å². The molecule has 1 aromatic carbocycles. The maximum Gasteiger partial charge on any atom is 0.226 e. The molecule has 1 fully saturated rings. The van der Waals surface area contributed by atoms with E-state index in [0.717, 1.165) is 47.6 Å². The quantitative estimate of drug-likeness (QED) is 0.891. The lowest BCUT2D eigenvalue weighted by molar-refractivity contribution is -0.116. The number of morpholine rings is 1. The van der Waals surface area contributed by atoms with E-state index >= 15 is 0 Å². The summed E-state index contributed by atoms with van der Waals surface area (Å²) in [4.78, 5) is 20.3. The molecule has 3 heterocycles. The molecule has 2 aliphatic heterocycles. The molecule has 1 aromatic heterocycles. The van der Waals surface area contributed by atoms with Gasteiger partial charge in [-0.1, -0.05) is 23.5 Å². The van der Waals surface area contributed by atoms with Gasteiger partial charge in [0.15, 0.2) is 5.13 Å². The van der Waals surface area contributed by atoms with Gasteiger partial charge in [-0.25, -0.2) is 4.98 Å². The minimum Gasteiger partial charge on any atom is -0.491 e. The molecule has 26 heavy (non-hydrogen) atoms. The van der Waals surface area contributed by atoms with Crippen LogP contribution in [0.15, 0.2) is 24.3 Å². The van der Waals surface area contributed by atoms with E-state index in [-0.39, 0.29) is 17.9 Å². The van der Waals surface area contributed by atoms with Crippen LogP contribution in [0, 0.1) is 0 Å². The maximum atomic E-state index is 12.2. The highest BCUT2D eigenvalue weighted by Crippen LogP contribution is 2.43. The van der Waals surface area contributed by atoms with E-state index in [0.29, 0.717) is 12.2 Å². The fourth-order valence-electron chi connectivity index (χ4n) is 3.32. The predicted octanol–water partition coefficient (Wildman–Crippen LogP) is 3.24. The normalized spacial score (nSPS) is 20.0. The summed E-state index contributed by atoms with van der Waals surface area (Å²) in [6, 6.07) is 8.06. The van der Waals surface area contributed by atoms with Gasteiger partial charge in [0.1, 0.15) is 11.6 Å². The number of amides is 1. The number of anilines is 2. The van der Waals surface area contributed by atoms with Crippen LogP contribution >= 0.6 is 11.3 Å². The molecule has 0 radical (unpaired) electrons. The maximum absolute atomic E-state index is 12.2. The van der Waals surface area contributed by atoms with Crippen LogP contribution < -0.4 is 15.0 Å². The Morgan fingerprint density at radius 1 is 1.27 bits per heavy atom. The number of fused-ring (bicyclic) bond motifs is 1. The summed E-state index contributed by atoms with van der Waals surface area (Å²) < 4.78 is 11.1. The Labute approximate surface area is 157 Å². The second kappa shape index (κ2) is 7.25. The van der Waals surface area contributed by atoms with E-state index in [2.05, 4.69) is 27.3 Å². The van der Waals surface area contributed by atoms with Crippen LogP contribution in [0.3, 0.4) is 0 Å². The third-order valence-electron chi connectivity index (χ3n) is 4.54. The molecule has 4 rings (SSSR count). The standard InChI is InChI=1S/C19H23N3O3S/c1-12(2)25-14-5-3-13(4-6-14)15-11-16(23)20-18-17(15)26-19(21-18)22-7-9-24-10-8-22/h3-6,12,15H,7-11H2,1-2H3,(H,20,23)/t15-/m1/s1. The predicted molar refractivity (Wildman–Crippen MR) is 102 cm³/mol. The molecule has 0 spiro atoms. The van der Waals surface area contributed by atoms with Gasteiger partial charge >= 0.3 is 0 Å². The molecule has 0 bridgehead atoms. The summed E-state index contributed by atoms with van der Waals surface area (Å²) in [5, 5.41) is 3.90. The fourth-order valence-corrected chi connectivity index (χ4v) is 4.52. The second-order valence-electron chi connectivity index (χ2n) is 6.85. The van der Waals surface area contributed by atoms with Crippen molar-refractivity contribution in [2.24, 2.45) is 0 Å². The van der Waals surface area contributed by atoms with Crippen molar-refractivity contribution in [1.29, 1.82) is 0 Å². The van der Waals surface area contributed by atoms with Crippen molar-refractivity contribution in [3.8, 4) is 5.75 Å². The van der Waals surface area contributed by atoms with E-state index in [1.165, 1.54) is 0 Å². The number of hydrogen-bond acceptors (Lipinski definition) is 6. The smallest absolute Gasteiger partial charge is 0.226 e. The molecular formula is C19H23N3O3S. The number of hydrogen-bond donors (Lipinski definition) is 1. The van der Waals surface area contributed by atoms with Gasteiger partial charge in [-0.2, -0.15) is 0 Å². The molecule has 7 heteroatoms. The lowest BCUT2D eigenvalue weighted by Gasteiger charge is -2.26. The van der Waals surface area contributed by atoms with Crippen LogP contribution in [0.25, 0.3) is 0 Å². The first kappa shape index (κ1) is 17.3. The first-order valence-electron chi connectivity index (χ1n) is 9.00. The first-order valence-corrected chi connectivity index (χ1v) is 9.81. The van der Waals surface area contributed by atoms with Gasteiger partial charge in [-0.3, -0.25) is 4.79 Å². The van der Waals surface area contributed by atoms with Gasteiger partial charge in [0.25, 0.3) is 0 Å². The lowest BCUT2D eigenvalue weighted by atomic mass is 9.91. The Hall–Kier alpha value is -2.12. The molecule has 6 nitrogen and oxygen atoms in total. The molecule has 2 aliphatic rings. The summed E-state index contributed by atoms with van der Waals surface area (Å²) in [5.74, 6) is 1.62. The van der Waals surface area contributed by atoms with E-state index in [1.807, 2.05) is 26.0 Å². The van der Waals surface area contributed by atoms with Crippen LogP contribution in [0.5, 0.6) is 5.75 Å². The molecule has 0 saturated carbocycles. The number of rotatable bonds is 4. The SMILES string of the molecule is CC(C)Oc1ccc([C@H]2CC(=O)Nc3nc(N4CCOCC4)sc32)cc1. The minimum absolute atomic E-state index is 0.0174. The highest BCUT2D eigenvalue weighted by atomic mass is 32.1. The van der Waals surface area contributed by atoms with Gasteiger partial charge in [-0.05, 0) is 31.5 Å². The largest absolute Gasteiger partial charge is 0.491 e. The minimum atomic E-state index is 0.0174. The number of ether oxygens (including phenoxy) is 2. The topological polar surface area (TPSA) is 63.7 Å². The zero-order chi connectivity index (χ0) is 18.1. The fraction of sp³-hybridized carbons (Fsp3) is 0.474. The number of aromatic nitrogens is 1. The van der Waals surface area contributed by atoms with Crippen LogP contribution in [-0.2, 0) is 9.53 Å². The van der Waals surface area contributed by atoms with Gasteiger partial charge < -0.3 is 19.7 Å². The number of carbonyl (C=O) groups excluding carboxylic acids is 1. The third kappa shape index (κ3) is 3.54. The van der Waals surface area contributed by atoms with Crippen molar-refractivity contribution in [1.82, 2.24) is 4.98 Å². The Kier molecular flexibility index (Phi) is 4.82. The van der Waals surface area contributed by atoms with Crippen molar-refractivity contribution in [2.75, 3.05) is 36.5 Å². The molecule has 2 aromatic rings. The molecule has 138 valence electrons. The van der Waals surface area contributed by atoms with Crippen molar-refractivity contribution < 1.29 is 14.3 Å². The average molecular weight is 373 g/mol. The Morgan fingerprint density at radius 3 is 2.69 bits per heavy atom. The lowest BCUT2D eigenvalue weighted by Crippen LogP contribution is -2.36. The number of thiazole rings is 1. The molecule has 0 unspecified atom stereocenters. The molecule has 1 atom stereocenters. The number of nitrogens with zero attached hydrogens (tertiary/aromatic N) is 2. The Bertz CT molecular complexity index is 782. The van der Waals surface area contributed by atoms with Crippen LogP contribution in [0.1, 0.15) is 36.6 Å². The second-order valence-corrected chi connectivity index (χ2v) is 7.86. The van der Waals surface area contributed by atoms with Crippen LogP contribution in [-0.4, -0.2) is 43.3 Å². The van der Waals surface area contributed by atoms with E-state index in [4.69, 9.17) is 9.47 Å². The van der Waals surface area contributed by atoms with Crippen LogP contribution in [0.4, 0.5) is 10.9 Å². The highest BCUT2D eigenvalue weighted by molar-refractivity contribution is 7.16. The van der Waals surface area contributed by atoms with Crippen molar-refractivity contribution >= 4 is 28.2 Å². The zero-order valence-electron chi connectivity index (χ0n) is 15.0. The van der Waals surface area contributed by atoms with Gasteiger partial charge in [0.05, 0.1) is 24.2 Å². The molecule has 1 N–H and O–H groups in total. The highest BCUT2D eigenvalue weighted by Gasteiger charge is 2.31. The molecule has 1 amide bonds. The third-order valence-corrected chi connectivity index (χ3v) is 5.77. The Morgan fingerprint density at radius 2 is 2.00 bits per heavy atom. The van der Waals surface area contributed by atoms with E-state index < -0.39 is 0 Å². The Balaban J connectivity index is 1.61. The van der Waals surface area contributed by atoms with Gasteiger partial charge in [0.2, 0.25) is 5.91 Å².